The van der Waals surface area contributed by atoms with Crippen LogP contribution in [0.25, 0.3) is 22.0 Å². The van der Waals surface area contributed by atoms with E-state index in [1.165, 1.54) is 25.1 Å². The summed E-state index contributed by atoms with van der Waals surface area (Å²) < 4.78 is 24.5. The highest BCUT2D eigenvalue weighted by atomic mass is 35.5. The molecular weight excluding hydrogens is 409 g/mol. The van der Waals surface area contributed by atoms with Gasteiger partial charge in [-0.2, -0.15) is 0 Å². The van der Waals surface area contributed by atoms with Crippen LogP contribution in [0.4, 0.5) is 4.39 Å². The molecule has 0 amide bonds. The standard InChI is InChI=1S/C23H15ClFNO4/c1-13-20(22(26-30-13)21-17(24)7-4-8-18(21)25)23(28)29-12-19(27)16-10-9-14-5-2-3-6-15(14)11-16/h2-11H,12H2,1H3. The number of benzene rings is 3. The number of ketones is 1. The molecule has 150 valence electrons. The zero-order valence-corrected chi connectivity index (χ0v) is 16.6. The van der Waals surface area contributed by atoms with Gasteiger partial charge in [0.25, 0.3) is 0 Å². The molecule has 0 aliphatic heterocycles. The fourth-order valence-corrected chi connectivity index (χ4v) is 3.41. The van der Waals surface area contributed by atoms with Crippen LogP contribution in [-0.2, 0) is 4.74 Å². The van der Waals surface area contributed by atoms with Crippen LogP contribution in [0, 0.1) is 12.7 Å². The summed E-state index contributed by atoms with van der Waals surface area (Å²) in [5.41, 5.74) is 0.205. The molecule has 0 radical (unpaired) electrons. The van der Waals surface area contributed by atoms with Gasteiger partial charge >= 0.3 is 5.97 Å². The fraction of sp³-hybridized carbons (Fsp3) is 0.0870. The smallest absolute Gasteiger partial charge is 0.344 e. The summed E-state index contributed by atoms with van der Waals surface area (Å²) in [6.45, 7) is 1.01. The number of fused-ring (bicyclic) bond motifs is 1. The molecule has 0 atom stereocenters. The molecule has 5 nitrogen and oxygen atoms in total. The Morgan fingerprint density at radius 2 is 1.83 bits per heavy atom. The van der Waals surface area contributed by atoms with Crippen molar-refractivity contribution in [3.63, 3.8) is 0 Å². The number of Topliss-reactive ketones (excluding diaryl/α,β-unsaturated/α-hetero) is 1. The molecule has 0 bridgehead atoms. The Balaban J connectivity index is 1.56. The lowest BCUT2D eigenvalue weighted by Crippen LogP contribution is -2.15. The summed E-state index contributed by atoms with van der Waals surface area (Å²) in [5, 5.41) is 5.74. The van der Waals surface area contributed by atoms with Crippen molar-refractivity contribution in [2.75, 3.05) is 6.61 Å². The maximum absolute atomic E-state index is 14.3. The normalized spacial score (nSPS) is 10.9. The number of aromatic nitrogens is 1. The molecule has 0 N–H and O–H groups in total. The van der Waals surface area contributed by atoms with Crippen molar-refractivity contribution in [1.29, 1.82) is 0 Å². The predicted molar refractivity (Wildman–Crippen MR) is 110 cm³/mol. The number of rotatable bonds is 5. The van der Waals surface area contributed by atoms with Crippen LogP contribution in [0.5, 0.6) is 0 Å². The molecule has 0 aliphatic rings. The molecule has 4 aromatic rings. The summed E-state index contributed by atoms with van der Waals surface area (Å²) >= 11 is 6.08. The minimum atomic E-state index is -0.850. The first-order chi connectivity index (χ1) is 14.5. The van der Waals surface area contributed by atoms with E-state index in [1.54, 1.807) is 12.1 Å². The van der Waals surface area contributed by atoms with Gasteiger partial charge in [-0.05, 0) is 35.9 Å². The minimum Gasteiger partial charge on any atom is -0.454 e. The van der Waals surface area contributed by atoms with Crippen LogP contribution >= 0.6 is 11.6 Å². The average molecular weight is 424 g/mol. The Hall–Kier alpha value is -3.51. The number of esters is 1. The number of carbonyl (C=O) groups is 2. The third kappa shape index (κ3) is 3.69. The van der Waals surface area contributed by atoms with Crippen LogP contribution in [0.1, 0.15) is 26.5 Å². The minimum absolute atomic E-state index is 0.0659. The SMILES string of the molecule is Cc1onc(-c2c(F)cccc2Cl)c1C(=O)OCC(=O)c1ccc2ccccc2c1. The highest BCUT2D eigenvalue weighted by Gasteiger charge is 2.27. The first-order valence-electron chi connectivity index (χ1n) is 9.05. The third-order valence-electron chi connectivity index (χ3n) is 4.67. The van der Waals surface area contributed by atoms with Gasteiger partial charge in [0.1, 0.15) is 22.8 Å². The summed E-state index contributed by atoms with van der Waals surface area (Å²) in [4.78, 5) is 25.2. The van der Waals surface area contributed by atoms with Crippen LogP contribution in [0.2, 0.25) is 5.02 Å². The molecule has 0 aliphatic carbocycles. The van der Waals surface area contributed by atoms with Gasteiger partial charge in [-0.15, -0.1) is 0 Å². The second-order valence-electron chi connectivity index (χ2n) is 6.62. The maximum Gasteiger partial charge on any atom is 0.344 e. The third-order valence-corrected chi connectivity index (χ3v) is 4.99. The molecule has 0 unspecified atom stereocenters. The van der Waals surface area contributed by atoms with E-state index in [0.717, 1.165) is 10.8 Å². The zero-order chi connectivity index (χ0) is 21.3. The number of ether oxygens (including phenoxy) is 1. The van der Waals surface area contributed by atoms with Crippen molar-refractivity contribution in [1.82, 2.24) is 5.16 Å². The number of hydrogen-bond acceptors (Lipinski definition) is 5. The van der Waals surface area contributed by atoms with Crippen molar-refractivity contribution >= 4 is 34.1 Å². The Kier molecular flexibility index (Phi) is 5.33. The van der Waals surface area contributed by atoms with E-state index in [-0.39, 0.29) is 33.4 Å². The number of hydrogen-bond donors (Lipinski definition) is 0. The van der Waals surface area contributed by atoms with Crippen LogP contribution < -0.4 is 0 Å². The van der Waals surface area contributed by atoms with Crippen LogP contribution in [0.3, 0.4) is 0 Å². The van der Waals surface area contributed by atoms with E-state index >= 15 is 0 Å². The fourth-order valence-electron chi connectivity index (χ4n) is 3.16. The Morgan fingerprint density at radius 1 is 1.07 bits per heavy atom. The number of halogens is 2. The molecule has 4 rings (SSSR count). The summed E-state index contributed by atoms with van der Waals surface area (Å²) in [5.74, 6) is -1.74. The van der Waals surface area contributed by atoms with E-state index in [1.807, 2.05) is 30.3 Å². The summed E-state index contributed by atoms with van der Waals surface area (Å²) in [6.07, 6.45) is 0. The van der Waals surface area contributed by atoms with E-state index in [2.05, 4.69) is 5.16 Å². The van der Waals surface area contributed by atoms with Crippen molar-refractivity contribution < 1.29 is 23.2 Å². The van der Waals surface area contributed by atoms with Crippen LogP contribution in [0.15, 0.2) is 65.2 Å². The second-order valence-corrected chi connectivity index (χ2v) is 7.03. The van der Waals surface area contributed by atoms with Gasteiger partial charge in [-0.25, -0.2) is 9.18 Å². The van der Waals surface area contributed by atoms with Crippen molar-refractivity contribution in [2.24, 2.45) is 0 Å². The first-order valence-corrected chi connectivity index (χ1v) is 9.43. The highest BCUT2D eigenvalue weighted by molar-refractivity contribution is 6.33. The van der Waals surface area contributed by atoms with Gasteiger partial charge < -0.3 is 9.26 Å². The molecule has 0 saturated carbocycles. The van der Waals surface area contributed by atoms with Crippen molar-refractivity contribution in [2.45, 2.75) is 6.92 Å². The molecular formula is C23H15ClFNO4. The van der Waals surface area contributed by atoms with Crippen molar-refractivity contribution in [3.05, 3.63) is 88.4 Å². The van der Waals surface area contributed by atoms with Gasteiger partial charge in [0, 0.05) is 5.56 Å². The highest BCUT2D eigenvalue weighted by Crippen LogP contribution is 2.33. The molecule has 0 fully saturated rings. The number of nitrogens with zero attached hydrogens (tertiary/aromatic N) is 1. The summed E-state index contributed by atoms with van der Waals surface area (Å²) in [7, 11) is 0. The van der Waals surface area contributed by atoms with Gasteiger partial charge in [0.05, 0.1) is 10.6 Å². The van der Waals surface area contributed by atoms with E-state index in [4.69, 9.17) is 20.9 Å². The number of aryl methyl sites for hydroxylation is 1. The van der Waals surface area contributed by atoms with Gasteiger partial charge in [0.15, 0.2) is 12.4 Å². The molecule has 30 heavy (non-hydrogen) atoms. The maximum atomic E-state index is 14.3. The van der Waals surface area contributed by atoms with Crippen LogP contribution in [-0.4, -0.2) is 23.5 Å². The molecule has 1 heterocycles. The lowest BCUT2D eigenvalue weighted by molar-refractivity contribution is 0.0473. The molecule has 0 saturated heterocycles. The topological polar surface area (TPSA) is 69.4 Å². The van der Waals surface area contributed by atoms with Gasteiger partial charge in [-0.3, -0.25) is 4.79 Å². The van der Waals surface area contributed by atoms with Crippen molar-refractivity contribution in [3.8, 4) is 11.3 Å². The zero-order valence-electron chi connectivity index (χ0n) is 15.8. The second kappa shape index (κ2) is 8.08. The molecule has 1 aromatic heterocycles. The van der Waals surface area contributed by atoms with E-state index in [9.17, 15) is 14.0 Å². The Labute approximate surface area is 176 Å². The lowest BCUT2D eigenvalue weighted by atomic mass is 10.0. The Morgan fingerprint density at radius 3 is 2.60 bits per heavy atom. The van der Waals surface area contributed by atoms with Gasteiger partial charge in [0.2, 0.25) is 0 Å². The quantitative estimate of drug-likeness (QED) is 0.307. The average Bonchev–Trinajstić information content (AvgIpc) is 3.12. The van der Waals surface area contributed by atoms with E-state index in [0.29, 0.717) is 5.56 Å². The Bertz CT molecular complexity index is 1260. The van der Waals surface area contributed by atoms with Gasteiger partial charge in [-0.1, -0.05) is 59.2 Å². The van der Waals surface area contributed by atoms with E-state index < -0.39 is 18.4 Å². The molecule has 7 heteroatoms. The number of carbonyl (C=O) groups excluding carboxylic acids is 2. The molecule has 3 aromatic carbocycles. The predicted octanol–water partition coefficient (Wildman–Crippen LogP) is 5.64. The first kappa shape index (κ1) is 19.8. The summed E-state index contributed by atoms with van der Waals surface area (Å²) in [6, 6.07) is 17.0. The largest absolute Gasteiger partial charge is 0.454 e. The monoisotopic (exact) mass is 423 g/mol. The lowest BCUT2D eigenvalue weighted by Gasteiger charge is -2.07. The molecule has 0 spiro atoms.